The molecule has 4 nitrogen and oxygen atoms in total. The fourth-order valence-electron chi connectivity index (χ4n) is 4.97. The highest BCUT2D eigenvalue weighted by Crippen LogP contribution is 2.44. The van der Waals surface area contributed by atoms with Gasteiger partial charge < -0.3 is 19.7 Å². The molecular weight excluding hydrogens is 312 g/mol. The Morgan fingerprint density at radius 1 is 1.00 bits per heavy atom. The molecule has 0 aromatic heterocycles. The summed E-state index contributed by atoms with van der Waals surface area (Å²) in [6, 6.07) is 10.6. The maximum absolute atomic E-state index is 6.51. The monoisotopic (exact) mass is 342 g/mol. The minimum absolute atomic E-state index is 0.0288. The van der Waals surface area contributed by atoms with Crippen LogP contribution in [0, 0.1) is 0 Å². The number of nitrogens with one attached hydrogen (secondary N) is 1. The number of fused-ring (bicyclic) bond motifs is 1. The molecular formula is C21H30N2O2. The highest BCUT2D eigenvalue weighted by Gasteiger charge is 2.43. The predicted molar refractivity (Wildman–Crippen MR) is 98.0 cm³/mol. The lowest BCUT2D eigenvalue weighted by molar-refractivity contribution is -0.0656. The third-order valence-electron chi connectivity index (χ3n) is 6.63. The molecule has 3 fully saturated rings. The van der Waals surface area contributed by atoms with Crippen LogP contribution in [-0.2, 0) is 4.74 Å². The molecule has 25 heavy (non-hydrogen) atoms. The standard InChI is InChI=1S/C21H30N2O2/c1-2-4-20-18(3-1)19(15-21(25-20)9-13-24-14-10-21)22-16-7-11-23(12-8-16)17-5-6-17/h1-4,16-17,19,22H,5-15H2. The summed E-state index contributed by atoms with van der Waals surface area (Å²) in [5.74, 6) is 1.09. The normalized spacial score (nSPS) is 30.0. The van der Waals surface area contributed by atoms with Gasteiger partial charge in [-0.3, -0.25) is 0 Å². The van der Waals surface area contributed by atoms with E-state index in [1.54, 1.807) is 0 Å². The Morgan fingerprint density at radius 2 is 1.76 bits per heavy atom. The molecule has 1 unspecified atom stereocenters. The average Bonchev–Trinajstić information content (AvgIpc) is 3.48. The third kappa shape index (κ3) is 3.32. The quantitative estimate of drug-likeness (QED) is 0.914. The molecule has 1 saturated carbocycles. The molecule has 5 rings (SSSR count). The second-order valence-electron chi connectivity index (χ2n) is 8.40. The van der Waals surface area contributed by atoms with Crippen LogP contribution in [-0.4, -0.2) is 48.9 Å². The number of piperidine rings is 1. The summed E-state index contributed by atoms with van der Waals surface area (Å²) in [7, 11) is 0. The van der Waals surface area contributed by atoms with E-state index in [9.17, 15) is 0 Å². The Labute approximate surface area is 150 Å². The van der Waals surface area contributed by atoms with Gasteiger partial charge in [-0.2, -0.15) is 0 Å². The highest BCUT2D eigenvalue weighted by atomic mass is 16.5. The van der Waals surface area contributed by atoms with Gasteiger partial charge in [0.1, 0.15) is 11.4 Å². The first-order chi connectivity index (χ1) is 12.3. The molecule has 1 atom stereocenters. The Morgan fingerprint density at radius 3 is 2.52 bits per heavy atom. The molecule has 1 spiro atoms. The summed E-state index contributed by atoms with van der Waals surface area (Å²) in [6.45, 7) is 4.20. The number of benzene rings is 1. The van der Waals surface area contributed by atoms with Crippen molar-refractivity contribution in [3.05, 3.63) is 29.8 Å². The highest BCUT2D eigenvalue weighted by molar-refractivity contribution is 5.39. The lowest BCUT2D eigenvalue weighted by Crippen LogP contribution is -2.50. The molecule has 0 radical (unpaired) electrons. The van der Waals surface area contributed by atoms with Crippen molar-refractivity contribution in [1.29, 1.82) is 0 Å². The van der Waals surface area contributed by atoms with Gasteiger partial charge in [0.25, 0.3) is 0 Å². The zero-order chi connectivity index (χ0) is 16.7. The van der Waals surface area contributed by atoms with E-state index in [-0.39, 0.29) is 5.60 Å². The van der Waals surface area contributed by atoms with E-state index in [0.29, 0.717) is 12.1 Å². The van der Waals surface area contributed by atoms with E-state index in [4.69, 9.17) is 9.47 Å². The lowest BCUT2D eigenvalue weighted by atomic mass is 9.81. The smallest absolute Gasteiger partial charge is 0.124 e. The minimum atomic E-state index is -0.0288. The van der Waals surface area contributed by atoms with E-state index in [1.165, 1.54) is 44.3 Å². The maximum Gasteiger partial charge on any atom is 0.124 e. The van der Waals surface area contributed by atoms with Crippen LogP contribution in [0.2, 0.25) is 0 Å². The van der Waals surface area contributed by atoms with E-state index >= 15 is 0 Å². The van der Waals surface area contributed by atoms with E-state index < -0.39 is 0 Å². The molecule has 1 aromatic rings. The summed E-state index contributed by atoms with van der Waals surface area (Å²) in [5.41, 5.74) is 1.32. The molecule has 1 aliphatic carbocycles. The Hall–Kier alpha value is -1.10. The van der Waals surface area contributed by atoms with Gasteiger partial charge in [0.15, 0.2) is 0 Å². The van der Waals surface area contributed by atoms with Gasteiger partial charge >= 0.3 is 0 Å². The van der Waals surface area contributed by atoms with E-state index in [0.717, 1.165) is 44.3 Å². The molecule has 1 aromatic carbocycles. The van der Waals surface area contributed by atoms with Gasteiger partial charge in [-0.05, 0) is 44.8 Å². The van der Waals surface area contributed by atoms with Gasteiger partial charge in [-0.15, -0.1) is 0 Å². The Kier molecular flexibility index (Phi) is 4.23. The van der Waals surface area contributed by atoms with Crippen LogP contribution in [0.3, 0.4) is 0 Å². The zero-order valence-electron chi connectivity index (χ0n) is 15.1. The van der Waals surface area contributed by atoms with Crippen LogP contribution in [0.1, 0.15) is 56.6 Å². The topological polar surface area (TPSA) is 33.7 Å². The van der Waals surface area contributed by atoms with Crippen molar-refractivity contribution in [3.63, 3.8) is 0 Å². The molecule has 3 heterocycles. The first kappa shape index (κ1) is 16.1. The van der Waals surface area contributed by atoms with Crippen molar-refractivity contribution in [2.75, 3.05) is 26.3 Å². The summed E-state index contributed by atoms with van der Waals surface area (Å²) < 4.78 is 12.1. The molecule has 4 aliphatic rings. The SMILES string of the molecule is c1ccc2c(c1)OC1(CCOCC1)CC2NC1CCN(C2CC2)CC1. The molecule has 1 N–H and O–H groups in total. The second kappa shape index (κ2) is 6.57. The first-order valence-electron chi connectivity index (χ1n) is 10.2. The summed E-state index contributed by atoms with van der Waals surface area (Å²) in [5, 5.41) is 4.02. The van der Waals surface area contributed by atoms with Crippen LogP contribution < -0.4 is 10.1 Å². The number of nitrogens with zero attached hydrogens (tertiary/aromatic N) is 1. The molecule has 4 heteroatoms. The van der Waals surface area contributed by atoms with Gasteiger partial charge in [0.2, 0.25) is 0 Å². The van der Waals surface area contributed by atoms with Crippen LogP contribution >= 0.6 is 0 Å². The zero-order valence-corrected chi connectivity index (χ0v) is 15.1. The molecule has 136 valence electrons. The fraction of sp³-hybridized carbons (Fsp3) is 0.714. The minimum Gasteiger partial charge on any atom is -0.487 e. The van der Waals surface area contributed by atoms with Crippen LogP contribution in [0.5, 0.6) is 5.75 Å². The van der Waals surface area contributed by atoms with Crippen molar-refractivity contribution >= 4 is 0 Å². The van der Waals surface area contributed by atoms with Crippen LogP contribution in [0.15, 0.2) is 24.3 Å². The van der Waals surface area contributed by atoms with Gasteiger partial charge in [-0.1, -0.05) is 18.2 Å². The first-order valence-corrected chi connectivity index (χ1v) is 10.2. The van der Waals surface area contributed by atoms with Crippen molar-refractivity contribution in [3.8, 4) is 5.75 Å². The van der Waals surface area contributed by atoms with Crippen LogP contribution in [0.25, 0.3) is 0 Å². The predicted octanol–water partition coefficient (Wildman–Crippen LogP) is 3.28. The third-order valence-corrected chi connectivity index (χ3v) is 6.63. The number of para-hydroxylation sites is 1. The fourth-order valence-corrected chi connectivity index (χ4v) is 4.97. The molecule has 0 bridgehead atoms. The molecule has 2 saturated heterocycles. The summed E-state index contributed by atoms with van der Waals surface area (Å²) in [4.78, 5) is 2.70. The number of hydrogen-bond acceptors (Lipinski definition) is 4. The van der Waals surface area contributed by atoms with Crippen molar-refractivity contribution < 1.29 is 9.47 Å². The number of hydrogen-bond donors (Lipinski definition) is 1. The Balaban J connectivity index is 1.31. The van der Waals surface area contributed by atoms with E-state index in [2.05, 4.69) is 34.5 Å². The maximum atomic E-state index is 6.51. The Bertz CT molecular complexity index is 602. The number of likely N-dealkylation sites (tertiary alicyclic amines) is 1. The van der Waals surface area contributed by atoms with E-state index in [1.807, 2.05) is 0 Å². The average molecular weight is 342 g/mol. The second-order valence-corrected chi connectivity index (χ2v) is 8.40. The van der Waals surface area contributed by atoms with Crippen molar-refractivity contribution in [1.82, 2.24) is 10.2 Å². The summed E-state index contributed by atoms with van der Waals surface area (Å²) in [6.07, 6.45) is 8.53. The molecule has 3 aliphatic heterocycles. The van der Waals surface area contributed by atoms with Crippen molar-refractivity contribution in [2.45, 2.75) is 68.7 Å². The summed E-state index contributed by atoms with van der Waals surface area (Å²) >= 11 is 0. The van der Waals surface area contributed by atoms with Gasteiger partial charge in [0.05, 0.1) is 13.2 Å². The van der Waals surface area contributed by atoms with Gasteiger partial charge in [0, 0.05) is 43.0 Å². The largest absolute Gasteiger partial charge is 0.487 e. The van der Waals surface area contributed by atoms with Crippen molar-refractivity contribution in [2.24, 2.45) is 0 Å². The molecule has 0 amide bonds. The number of ether oxygens (including phenoxy) is 2. The lowest BCUT2D eigenvalue weighted by Gasteiger charge is -2.46. The van der Waals surface area contributed by atoms with Gasteiger partial charge in [-0.25, -0.2) is 0 Å². The number of rotatable bonds is 3. The van der Waals surface area contributed by atoms with Crippen LogP contribution in [0.4, 0.5) is 0 Å².